The normalized spacial score (nSPS) is 17.6. The van der Waals surface area contributed by atoms with Crippen molar-refractivity contribution in [3.8, 4) is 0 Å². The van der Waals surface area contributed by atoms with Crippen molar-refractivity contribution in [2.24, 2.45) is 7.05 Å². The van der Waals surface area contributed by atoms with Gasteiger partial charge in [-0.05, 0) is 62.7 Å². The number of benzene rings is 1. The second-order valence-electron chi connectivity index (χ2n) is 7.31. The Bertz CT molecular complexity index is 849. The molecule has 1 aromatic carbocycles. The molecule has 0 bridgehead atoms. The van der Waals surface area contributed by atoms with Crippen LogP contribution in [-0.2, 0) is 13.6 Å². The number of para-hydroxylation sites is 2. The molecule has 0 spiro atoms. The standard InChI is InChI=1S/C21H27N5/c1-16(21-24-19-5-3-4-6-20(19)25(21)2)23-18-9-13-26(14-10-18)15-17-7-11-22-12-8-17/h3-8,11-12,16,18,23H,9-10,13-15H2,1-2H3. The van der Waals surface area contributed by atoms with E-state index in [1.165, 1.54) is 23.9 Å². The maximum atomic E-state index is 4.83. The van der Waals surface area contributed by atoms with Gasteiger partial charge in [0.25, 0.3) is 0 Å². The van der Waals surface area contributed by atoms with Gasteiger partial charge in [0, 0.05) is 32.0 Å². The highest BCUT2D eigenvalue weighted by molar-refractivity contribution is 5.75. The maximum absolute atomic E-state index is 4.83. The van der Waals surface area contributed by atoms with Gasteiger partial charge in [0.05, 0.1) is 17.1 Å². The number of aromatic nitrogens is 3. The van der Waals surface area contributed by atoms with Crippen LogP contribution in [0.5, 0.6) is 0 Å². The van der Waals surface area contributed by atoms with Crippen molar-refractivity contribution in [1.29, 1.82) is 0 Å². The van der Waals surface area contributed by atoms with E-state index >= 15 is 0 Å². The van der Waals surface area contributed by atoms with Crippen LogP contribution in [0, 0.1) is 0 Å². The van der Waals surface area contributed by atoms with Crippen LogP contribution in [0.15, 0.2) is 48.8 Å². The predicted octanol–water partition coefficient (Wildman–Crippen LogP) is 3.28. The summed E-state index contributed by atoms with van der Waals surface area (Å²) in [5, 5.41) is 3.80. The van der Waals surface area contributed by atoms with Crippen LogP contribution in [0.25, 0.3) is 11.0 Å². The molecule has 4 rings (SSSR count). The van der Waals surface area contributed by atoms with Crippen molar-refractivity contribution in [3.63, 3.8) is 0 Å². The van der Waals surface area contributed by atoms with E-state index in [-0.39, 0.29) is 6.04 Å². The van der Waals surface area contributed by atoms with Crippen molar-refractivity contribution < 1.29 is 0 Å². The third-order valence-corrected chi connectivity index (χ3v) is 5.44. The van der Waals surface area contributed by atoms with Crippen molar-refractivity contribution in [3.05, 3.63) is 60.2 Å². The summed E-state index contributed by atoms with van der Waals surface area (Å²) in [6.45, 7) is 5.52. The smallest absolute Gasteiger partial charge is 0.126 e. The molecule has 5 heteroatoms. The van der Waals surface area contributed by atoms with Crippen LogP contribution in [0.4, 0.5) is 0 Å². The summed E-state index contributed by atoms with van der Waals surface area (Å²) >= 11 is 0. The first-order valence-corrected chi connectivity index (χ1v) is 9.49. The molecule has 1 aliphatic heterocycles. The molecule has 1 saturated heterocycles. The van der Waals surface area contributed by atoms with Gasteiger partial charge in [-0.15, -0.1) is 0 Å². The number of imidazole rings is 1. The van der Waals surface area contributed by atoms with Crippen LogP contribution >= 0.6 is 0 Å². The van der Waals surface area contributed by atoms with Gasteiger partial charge in [-0.1, -0.05) is 12.1 Å². The van der Waals surface area contributed by atoms with E-state index in [4.69, 9.17) is 4.98 Å². The van der Waals surface area contributed by atoms with E-state index < -0.39 is 0 Å². The lowest BCUT2D eigenvalue weighted by atomic mass is 10.0. The molecule has 136 valence electrons. The molecule has 0 amide bonds. The monoisotopic (exact) mass is 349 g/mol. The number of nitrogens with zero attached hydrogens (tertiary/aromatic N) is 4. The summed E-state index contributed by atoms with van der Waals surface area (Å²) in [4.78, 5) is 11.5. The molecule has 5 nitrogen and oxygen atoms in total. The third kappa shape index (κ3) is 3.64. The van der Waals surface area contributed by atoms with E-state index in [1.807, 2.05) is 12.4 Å². The fraction of sp³-hybridized carbons (Fsp3) is 0.429. The molecule has 1 aliphatic rings. The Balaban J connectivity index is 1.34. The van der Waals surface area contributed by atoms with Gasteiger partial charge in [-0.3, -0.25) is 9.88 Å². The van der Waals surface area contributed by atoms with E-state index in [0.29, 0.717) is 6.04 Å². The Morgan fingerprint density at radius 2 is 1.85 bits per heavy atom. The van der Waals surface area contributed by atoms with Gasteiger partial charge in [-0.2, -0.15) is 0 Å². The van der Waals surface area contributed by atoms with Crippen LogP contribution in [0.2, 0.25) is 0 Å². The second kappa shape index (κ2) is 7.56. The topological polar surface area (TPSA) is 46.0 Å². The number of piperidine rings is 1. The van der Waals surface area contributed by atoms with Crippen LogP contribution in [0.3, 0.4) is 0 Å². The number of nitrogens with one attached hydrogen (secondary N) is 1. The predicted molar refractivity (Wildman–Crippen MR) is 105 cm³/mol. The molecular formula is C21H27N5. The summed E-state index contributed by atoms with van der Waals surface area (Å²) < 4.78 is 2.21. The Labute approximate surface area is 155 Å². The zero-order valence-electron chi connectivity index (χ0n) is 15.6. The highest BCUT2D eigenvalue weighted by Crippen LogP contribution is 2.21. The van der Waals surface area contributed by atoms with Gasteiger partial charge in [0.15, 0.2) is 0 Å². The first kappa shape index (κ1) is 17.2. The molecule has 1 fully saturated rings. The summed E-state index contributed by atoms with van der Waals surface area (Å²) in [6.07, 6.45) is 6.11. The van der Waals surface area contributed by atoms with Crippen molar-refractivity contribution in [1.82, 2.24) is 24.8 Å². The zero-order valence-corrected chi connectivity index (χ0v) is 15.6. The number of likely N-dealkylation sites (tertiary alicyclic amines) is 1. The number of hydrogen-bond donors (Lipinski definition) is 1. The average molecular weight is 349 g/mol. The van der Waals surface area contributed by atoms with Crippen molar-refractivity contribution in [2.75, 3.05) is 13.1 Å². The van der Waals surface area contributed by atoms with Crippen LogP contribution < -0.4 is 5.32 Å². The molecule has 0 aliphatic carbocycles. The number of fused-ring (bicyclic) bond motifs is 1. The summed E-state index contributed by atoms with van der Waals surface area (Å²) in [6, 6.07) is 13.4. The lowest BCUT2D eigenvalue weighted by molar-refractivity contribution is 0.184. The number of pyridine rings is 1. The largest absolute Gasteiger partial charge is 0.330 e. The van der Waals surface area contributed by atoms with Crippen molar-refractivity contribution >= 4 is 11.0 Å². The Morgan fingerprint density at radius 1 is 1.12 bits per heavy atom. The summed E-state index contributed by atoms with van der Waals surface area (Å²) in [7, 11) is 2.11. The molecular weight excluding hydrogens is 322 g/mol. The highest BCUT2D eigenvalue weighted by Gasteiger charge is 2.22. The number of rotatable bonds is 5. The Morgan fingerprint density at radius 3 is 2.58 bits per heavy atom. The fourth-order valence-electron chi connectivity index (χ4n) is 3.98. The molecule has 1 N–H and O–H groups in total. The maximum Gasteiger partial charge on any atom is 0.126 e. The minimum Gasteiger partial charge on any atom is -0.330 e. The molecule has 1 unspecified atom stereocenters. The molecule has 1 atom stereocenters. The van der Waals surface area contributed by atoms with Gasteiger partial charge >= 0.3 is 0 Å². The molecule has 2 aromatic heterocycles. The minimum absolute atomic E-state index is 0.254. The van der Waals surface area contributed by atoms with E-state index in [2.05, 4.69) is 70.1 Å². The SMILES string of the molecule is CC(NC1CCN(Cc2ccncc2)CC1)c1nc2ccccc2n1C. The Hall–Kier alpha value is -2.24. The molecule has 0 saturated carbocycles. The van der Waals surface area contributed by atoms with Gasteiger partial charge in [-0.25, -0.2) is 4.98 Å². The molecule has 3 aromatic rings. The minimum atomic E-state index is 0.254. The second-order valence-corrected chi connectivity index (χ2v) is 7.31. The van der Waals surface area contributed by atoms with Crippen LogP contribution in [0.1, 0.15) is 37.2 Å². The van der Waals surface area contributed by atoms with Crippen LogP contribution in [-0.4, -0.2) is 38.6 Å². The summed E-state index contributed by atoms with van der Waals surface area (Å²) in [5.74, 6) is 1.12. The fourth-order valence-corrected chi connectivity index (χ4v) is 3.98. The molecule has 0 radical (unpaired) electrons. The zero-order chi connectivity index (χ0) is 17.9. The quantitative estimate of drug-likeness (QED) is 0.768. The average Bonchev–Trinajstić information content (AvgIpc) is 3.01. The third-order valence-electron chi connectivity index (χ3n) is 5.44. The first-order chi connectivity index (χ1) is 12.7. The van der Waals surface area contributed by atoms with Gasteiger partial charge in [0.1, 0.15) is 5.82 Å². The van der Waals surface area contributed by atoms with Crippen molar-refractivity contribution in [2.45, 2.75) is 38.4 Å². The molecule has 26 heavy (non-hydrogen) atoms. The molecule has 3 heterocycles. The van der Waals surface area contributed by atoms with E-state index in [0.717, 1.165) is 31.0 Å². The number of aryl methyl sites for hydroxylation is 1. The van der Waals surface area contributed by atoms with E-state index in [9.17, 15) is 0 Å². The lowest BCUT2D eigenvalue weighted by Gasteiger charge is -2.33. The van der Waals surface area contributed by atoms with Gasteiger partial charge < -0.3 is 9.88 Å². The highest BCUT2D eigenvalue weighted by atomic mass is 15.2. The van der Waals surface area contributed by atoms with Gasteiger partial charge in [0.2, 0.25) is 0 Å². The van der Waals surface area contributed by atoms with E-state index in [1.54, 1.807) is 0 Å². The summed E-state index contributed by atoms with van der Waals surface area (Å²) in [5.41, 5.74) is 3.62. The lowest BCUT2D eigenvalue weighted by Crippen LogP contribution is -2.43. The number of hydrogen-bond acceptors (Lipinski definition) is 4. The Kier molecular flexibility index (Phi) is 5.00. The first-order valence-electron chi connectivity index (χ1n) is 9.49.